The quantitative estimate of drug-likeness (QED) is 0.726. The van der Waals surface area contributed by atoms with Gasteiger partial charge in [-0.25, -0.2) is 14.2 Å². The molecule has 1 aromatic carbocycles. The van der Waals surface area contributed by atoms with Crippen molar-refractivity contribution in [3.05, 3.63) is 47.2 Å². The average Bonchev–Trinajstić information content (AvgIpc) is 3.37. The number of nitrogens with zero attached hydrogens (tertiary/aromatic N) is 4. The van der Waals surface area contributed by atoms with E-state index in [0.717, 1.165) is 17.1 Å². The molecule has 156 valence electrons. The number of carbonyl (C=O) groups is 1. The van der Waals surface area contributed by atoms with Crippen LogP contribution in [-0.2, 0) is 4.74 Å². The number of cyclic esters (lactones) is 1. The number of piperidine rings is 1. The van der Waals surface area contributed by atoms with Crippen molar-refractivity contribution in [3.8, 4) is 6.07 Å². The van der Waals surface area contributed by atoms with Gasteiger partial charge in [0.15, 0.2) is 5.13 Å². The van der Waals surface area contributed by atoms with Crippen molar-refractivity contribution in [2.45, 2.75) is 19.4 Å². The summed E-state index contributed by atoms with van der Waals surface area (Å²) in [6.45, 7) is 4.14. The predicted octanol–water partition coefficient (Wildman–Crippen LogP) is 4.02. The van der Waals surface area contributed by atoms with Crippen LogP contribution in [0.15, 0.2) is 41.4 Å². The number of aromatic nitrogens is 1. The van der Waals surface area contributed by atoms with Crippen molar-refractivity contribution >= 4 is 33.9 Å². The molecule has 2 fully saturated rings. The smallest absolute Gasteiger partial charge is 0.414 e. The number of rotatable bonds is 5. The number of hydrogen-bond acceptors (Lipinski definition) is 7. The van der Waals surface area contributed by atoms with Crippen LogP contribution < -0.4 is 15.1 Å². The van der Waals surface area contributed by atoms with Gasteiger partial charge in [0.25, 0.3) is 0 Å². The molecule has 2 aliphatic rings. The molecule has 9 heteroatoms. The van der Waals surface area contributed by atoms with Crippen LogP contribution in [0, 0.1) is 23.1 Å². The van der Waals surface area contributed by atoms with Gasteiger partial charge in [-0.05, 0) is 30.5 Å². The molecule has 0 spiro atoms. The molecule has 2 aliphatic heterocycles. The number of carbonyl (C=O) groups excluding carboxylic acids is 1. The molecule has 7 nitrogen and oxygen atoms in total. The van der Waals surface area contributed by atoms with Crippen LogP contribution >= 0.6 is 11.3 Å². The topological polar surface area (TPSA) is 81.5 Å². The Kier molecular flexibility index (Phi) is 5.86. The normalized spacial score (nSPS) is 22.8. The second-order valence-corrected chi connectivity index (χ2v) is 8.31. The van der Waals surface area contributed by atoms with E-state index in [1.807, 2.05) is 17.2 Å². The van der Waals surface area contributed by atoms with E-state index in [2.05, 4.69) is 16.4 Å². The van der Waals surface area contributed by atoms with Gasteiger partial charge in [0, 0.05) is 30.7 Å². The molecule has 30 heavy (non-hydrogen) atoms. The largest absolute Gasteiger partial charge is 0.442 e. The third-order valence-corrected chi connectivity index (χ3v) is 6.15. The van der Waals surface area contributed by atoms with Crippen LogP contribution in [0.1, 0.15) is 13.3 Å². The van der Waals surface area contributed by atoms with Crippen molar-refractivity contribution in [1.29, 1.82) is 5.26 Å². The molecule has 1 unspecified atom stereocenters. The zero-order valence-corrected chi connectivity index (χ0v) is 17.4. The van der Waals surface area contributed by atoms with Gasteiger partial charge in [0.1, 0.15) is 11.9 Å². The van der Waals surface area contributed by atoms with E-state index < -0.39 is 6.09 Å². The zero-order valence-electron chi connectivity index (χ0n) is 16.5. The fourth-order valence-corrected chi connectivity index (χ4v) is 4.38. The first kappa shape index (κ1) is 20.2. The Morgan fingerprint density at radius 3 is 3.03 bits per heavy atom. The number of ether oxygens (including phenoxy) is 1. The van der Waals surface area contributed by atoms with Crippen LogP contribution in [0.25, 0.3) is 0 Å². The standard InChI is InChI=1S/C21H22FN5O2S/c1-14-12-26(8-5-15(14)4-6-23)19-3-2-16(10-18(19)22)27-13-17(29-21(27)28)11-25-20-24-7-9-30-20/h2-4,7,9-10,14,17H,5,8,11-13H2,1H3,(H,24,25)/b15-4+/t14?,17-/m0/s1. The summed E-state index contributed by atoms with van der Waals surface area (Å²) in [5.41, 5.74) is 2.09. The van der Waals surface area contributed by atoms with E-state index in [1.165, 1.54) is 22.3 Å². The highest BCUT2D eigenvalue weighted by Crippen LogP contribution is 2.32. The third kappa shape index (κ3) is 4.24. The van der Waals surface area contributed by atoms with Crippen LogP contribution in [-0.4, -0.2) is 43.4 Å². The summed E-state index contributed by atoms with van der Waals surface area (Å²) < 4.78 is 20.3. The molecular formula is C21H22FN5O2S. The fourth-order valence-electron chi connectivity index (χ4n) is 3.84. The Labute approximate surface area is 178 Å². The molecule has 0 aliphatic carbocycles. The van der Waals surface area contributed by atoms with E-state index in [9.17, 15) is 9.18 Å². The number of hydrogen-bond donors (Lipinski definition) is 1. The zero-order chi connectivity index (χ0) is 21.1. The van der Waals surface area contributed by atoms with Crippen molar-refractivity contribution in [2.75, 3.05) is 41.3 Å². The van der Waals surface area contributed by atoms with Crippen LogP contribution in [0.3, 0.4) is 0 Å². The SMILES string of the molecule is CC1CN(c2ccc(N3C[C@H](CNc4nccs4)OC3=O)cc2F)CC/C1=C\C#N. The van der Waals surface area contributed by atoms with Crippen molar-refractivity contribution in [3.63, 3.8) is 0 Å². The number of amides is 1. The number of nitrogens with one attached hydrogen (secondary N) is 1. The summed E-state index contributed by atoms with van der Waals surface area (Å²) in [5.74, 6) is -0.179. The fraction of sp³-hybridized carbons (Fsp3) is 0.381. The molecular weight excluding hydrogens is 405 g/mol. The van der Waals surface area contributed by atoms with E-state index in [1.54, 1.807) is 24.4 Å². The van der Waals surface area contributed by atoms with Gasteiger partial charge in [0.2, 0.25) is 0 Å². The summed E-state index contributed by atoms with van der Waals surface area (Å²) in [6, 6.07) is 6.94. The molecule has 0 saturated carbocycles. The molecule has 1 amide bonds. The minimum atomic E-state index is -0.481. The van der Waals surface area contributed by atoms with E-state index in [-0.39, 0.29) is 17.8 Å². The summed E-state index contributed by atoms with van der Waals surface area (Å²) in [5, 5.41) is 14.6. The van der Waals surface area contributed by atoms with Gasteiger partial charge in [-0.3, -0.25) is 4.90 Å². The summed E-state index contributed by atoms with van der Waals surface area (Å²) in [6.07, 6.45) is 3.22. The maximum absolute atomic E-state index is 14.9. The molecule has 2 atom stereocenters. The van der Waals surface area contributed by atoms with Crippen LogP contribution in [0.2, 0.25) is 0 Å². The van der Waals surface area contributed by atoms with Crippen LogP contribution in [0.4, 0.5) is 25.7 Å². The summed E-state index contributed by atoms with van der Waals surface area (Å²) in [4.78, 5) is 19.9. The highest BCUT2D eigenvalue weighted by molar-refractivity contribution is 7.13. The highest BCUT2D eigenvalue weighted by atomic mass is 32.1. The molecule has 2 saturated heterocycles. The van der Waals surface area contributed by atoms with Crippen LogP contribution in [0.5, 0.6) is 0 Å². The van der Waals surface area contributed by atoms with Gasteiger partial charge in [-0.15, -0.1) is 11.3 Å². The monoisotopic (exact) mass is 427 g/mol. The second kappa shape index (κ2) is 8.71. The van der Waals surface area contributed by atoms with Crippen molar-refractivity contribution < 1.29 is 13.9 Å². The van der Waals surface area contributed by atoms with Crippen molar-refractivity contribution in [2.24, 2.45) is 5.92 Å². The lowest BCUT2D eigenvalue weighted by Gasteiger charge is -2.34. The summed E-state index contributed by atoms with van der Waals surface area (Å²) >= 11 is 1.47. The van der Waals surface area contributed by atoms with E-state index in [0.29, 0.717) is 37.6 Å². The molecule has 1 N–H and O–H groups in total. The lowest BCUT2D eigenvalue weighted by Crippen LogP contribution is -2.36. The predicted molar refractivity (Wildman–Crippen MR) is 114 cm³/mol. The molecule has 0 radical (unpaired) electrons. The molecule has 3 heterocycles. The van der Waals surface area contributed by atoms with Gasteiger partial charge >= 0.3 is 6.09 Å². The third-order valence-electron chi connectivity index (χ3n) is 5.42. The van der Waals surface area contributed by atoms with Gasteiger partial charge in [-0.2, -0.15) is 5.26 Å². The van der Waals surface area contributed by atoms with E-state index >= 15 is 0 Å². The molecule has 2 aromatic rings. The maximum atomic E-state index is 14.9. The average molecular weight is 428 g/mol. The number of benzene rings is 1. The van der Waals surface area contributed by atoms with Gasteiger partial charge in [0.05, 0.1) is 30.5 Å². The number of anilines is 3. The number of allylic oxidation sites excluding steroid dienone is 1. The lowest BCUT2D eigenvalue weighted by molar-refractivity contribution is 0.147. The number of thiazole rings is 1. The lowest BCUT2D eigenvalue weighted by atomic mass is 9.92. The van der Waals surface area contributed by atoms with E-state index in [4.69, 9.17) is 10.00 Å². The minimum Gasteiger partial charge on any atom is -0.442 e. The Bertz CT molecular complexity index is 988. The first-order valence-corrected chi connectivity index (χ1v) is 10.7. The highest BCUT2D eigenvalue weighted by Gasteiger charge is 2.33. The van der Waals surface area contributed by atoms with Crippen molar-refractivity contribution in [1.82, 2.24) is 4.98 Å². The maximum Gasteiger partial charge on any atom is 0.414 e. The Morgan fingerprint density at radius 2 is 2.33 bits per heavy atom. The minimum absolute atomic E-state index is 0.192. The van der Waals surface area contributed by atoms with Gasteiger partial charge in [-0.1, -0.05) is 12.5 Å². The summed E-state index contributed by atoms with van der Waals surface area (Å²) in [7, 11) is 0. The number of nitriles is 1. The number of halogens is 1. The Morgan fingerprint density at radius 1 is 1.47 bits per heavy atom. The van der Waals surface area contributed by atoms with Gasteiger partial charge < -0.3 is 15.0 Å². The first-order chi connectivity index (χ1) is 14.5. The first-order valence-electron chi connectivity index (χ1n) is 9.79. The second-order valence-electron chi connectivity index (χ2n) is 7.42. The Hall–Kier alpha value is -3.12. The Balaban J connectivity index is 1.41. The molecule has 4 rings (SSSR count). The molecule has 0 bridgehead atoms. The molecule has 1 aromatic heterocycles.